The van der Waals surface area contributed by atoms with Crippen LogP contribution in [0, 0.1) is 17.8 Å². The molecule has 0 radical (unpaired) electrons. The van der Waals surface area contributed by atoms with Crippen molar-refractivity contribution in [2.45, 2.75) is 24.7 Å². The van der Waals surface area contributed by atoms with Crippen molar-refractivity contribution in [2.75, 3.05) is 6.61 Å². The van der Waals surface area contributed by atoms with Gasteiger partial charge in [-0.1, -0.05) is 55.5 Å². The van der Waals surface area contributed by atoms with Gasteiger partial charge in [0.25, 0.3) is 0 Å². The third kappa shape index (κ3) is 1.52. The zero-order valence-corrected chi connectivity index (χ0v) is 14.1. The lowest BCUT2D eigenvalue weighted by Crippen LogP contribution is -2.55. The summed E-state index contributed by atoms with van der Waals surface area (Å²) in [6, 6.07) is 16.1. The Hall–Kier alpha value is -2.26. The molecule has 25 heavy (non-hydrogen) atoms. The highest BCUT2D eigenvalue weighted by molar-refractivity contribution is 6.14. The third-order valence-electron chi connectivity index (χ3n) is 6.78. The van der Waals surface area contributed by atoms with Gasteiger partial charge < -0.3 is 5.11 Å². The molecule has 2 bridgehead atoms. The topological polar surface area (TPSA) is 54.4 Å². The molecule has 2 aromatic carbocycles. The molecule has 0 saturated heterocycles. The van der Waals surface area contributed by atoms with Crippen LogP contribution in [0.4, 0.5) is 0 Å². The minimum atomic E-state index is -0.788. The molecule has 3 unspecified atom stereocenters. The Morgan fingerprint density at radius 2 is 1.48 bits per heavy atom. The lowest BCUT2D eigenvalue weighted by Gasteiger charge is -2.54. The molecule has 1 N–H and O–H groups in total. The molecule has 3 nitrogen and oxygen atoms in total. The van der Waals surface area contributed by atoms with Crippen LogP contribution in [0.5, 0.6) is 0 Å². The number of ketones is 2. The standard InChI is InChI=1S/C22H20O3/c1-2-12-20(24)18-17-13-7-3-5-9-15(13)22(11-23,19(18)21(12)25)16-10-6-4-8-14(16)17/h3-10,12,17-19,23H,2,11H2,1H3. The molecule has 6 rings (SSSR count). The molecule has 1 fully saturated rings. The predicted molar refractivity (Wildman–Crippen MR) is 93.4 cm³/mol. The summed E-state index contributed by atoms with van der Waals surface area (Å²) in [4.78, 5) is 26.4. The SMILES string of the molecule is CCC1C(=O)C2C3c4ccccc4C(CO)(c4ccccc43)C2C1=O. The molecule has 1 saturated carbocycles. The molecule has 0 aromatic heterocycles. The van der Waals surface area contributed by atoms with E-state index in [4.69, 9.17) is 0 Å². The number of benzene rings is 2. The van der Waals surface area contributed by atoms with Crippen LogP contribution >= 0.6 is 0 Å². The minimum Gasteiger partial charge on any atom is -0.395 e. The fraction of sp³-hybridized carbons (Fsp3) is 0.364. The van der Waals surface area contributed by atoms with Crippen LogP contribution in [0.2, 0.25) is 0 Å². The third-order valence-corrected chi connectivity index (χ3v) is 6.78. The summed E-state index contributed by atoms with van der Waals surface area (Å²) in [5.74, 6) is -1.27. The summed E-state index contributed by atoms with van der Waals surface area (Å²) >= 11 is 0. The summed E-state index contributed by atoms with van der Waals surface area (Å²) in [7, 11) is 0. The quantitative estimate of drug-likeness (QED) is 0.861. The van der Waals surface area contributed by atoms with Crippen molar-refractivity contribution in [2.24, 2.45) is 17.8 Å². The maximum Gasteiger partial charge on any atom is 0.148 e. The van der Waals surface area contributed by atoms with Crippen molar-refractivity contribution >= 4 is 11.6 Å². The zero-order valence-electron chi connectivity index (χ0n) is 14.1. The normalized spacial score (nSPS) is 34.6. The molecule has 3 heteroatoms. The number of carbonyl (C=O) groups excluding carboxylic acids is 2. The highest BCUT2D eigenvalue weighted by Crippen LogP contribution is 2.64. The van der Waals surface area contributed by atoms with Gasteiger partial charge in [0, 0.05) is 17.8 Å². The molecule has 0 heterocycles. The first-order valence-corrected chi connectivity index (χ1v) is 9.04. The highest BCUT2D eigenvalue weighted by atomic mass is 16.3. The number of aliphatic hydroxyl groups excluding tert-OH is 1. The maximum atomic E-state index is 13.2. The fourth-order valence-electron chi connectivity index (χ4n) is 5.89. The number of carbonyl (C=O) groups is 2. The maximum absolute atomic E-state index is 13.2. The van der Waals surface area contributed by atoms with Gasteiger partial charge in [-0.05, 0) is 28.7 Å². The number of hydrogen-bond donors (Lipinski definition) is 1. The van der Waals surface area contributed by atoms with Gasteiger partial charge in [0.2, 0.25) is 0 Å². The van der Waals surface area contributed by atoms with Crippen LogP contribution in [0.25, 0.3) is 0 Å². The number of hydrogen-bond acceptors (Lipinski definition) is 3. The van der Waals surface area contributed by atoms with Crippen LogP contribution in [-0.2, 0) is 15.0 Å². The molecule has 4 aliphatic carbocycles. The highest BCUT2D eigenvalue weighted by Gasteiger charge is 2.67. The lowest BCUT2D eigenvalue weighted by molar-refractivity contribution is -0.129. The molecule has 2 aromatic rings. The van der Waals surface area contributed by atoms with Gasteiger partial charge in [-0.25, -0.2) is 0 Å². The van der Waals surface area contributed by atoms with Gasteiger partial charge in [0.15, 0.2) is 0 Å². The van der Waals surface area contributed by atoms with Gasteiger partial charge in [0.05, 0.1) is 17.9 Å². The molecule has 0 aliphatic heterocycles. The Kier molecular flexibility index (Phi) is 2.94. The molecular weight excluding hydrogens is 312 g/mol. The van der Waals surface area contributed by atoms with Gasteiger partial charge in [0.1, 0.15) is 11.6 Å². The van der Waals surface area contributed by atoms with E-state index in [-0.39, 0.29) is 30.0 Å². The van der Waals surface area contributed by atoms with E-state index >= 15 is 0 Å². The second-order valence-electron chi connectivity index (χ2n) is 7.55. The van der Waals surface area contributed by atoms with Crippen molar-refractivity contribution in [1.29, 1.82) is 0 Å². The lowest BCUT2D eigenvalue weighted by atomic mass is 9.47. The van der Waals surface area contributed by atoms with Crippen LogP contribution < -0.4 is 0 Å². The molecule has 0 amide bonds. The predicted octanol–water partition coefficient (Wildman–Crippen LogP) is 2.83. The summed E-state index contributed by atoms with van der Waals surface area (Å²) in [5.41, 5.74) is 3.48. The first-order valence-electron chi connectivity index (χ1n) is 9.04. The first kappa shape index (κ1) is 15.0. The van der Waals surface area contributed by atoms with Gasteiger partial charge in [-0.15, -0.1) is 0 Å². The summed E-state index contributed by atoms with van der Waals surface area (Å²) in [6.45, 7) is 1.76. The van der Waals surface area contributed by atoms with Crippen molar-refractivity contribution in [3.8, 4) is 0 Å². The van der Waals surface area contributed by atoms with Gasteiger partial charge >= 0.3 is 0 Å². The first-order chi connectivity index (χ1) is 12.2. The second-order valence-corrected chi connectivity index (χ2v) is 7.55. The smallest absolute Gasteiger partial charge is 0.148 e. The molecular formula is C22H20O3. The van der Waals surface area contributed by atoms with Crippen LogP contribution in [-0.4, -0.2) is 23.3 Å². The van der Waals surface area contributed by atoms with E-state index in [9.17, 15) is 14.7 Å². The number of rotatable bonds is 2. The van der Waals surface area contributed by atoms with E-state index in [1.54, 1.807) is 0 Å². The number of aliphatic hydroxyl groups is 1. The van der Waals surface area contributed by atoms with Crippen molar-refractivity contribution in [3.05, 3.63) is 70.8 Å². The van der Waals surface area contributed by atoms with E-state index in [0.29, 0.717) is 6.42 Å². The average Bonchev–Trinajstić information content (AvgIpc) is 2.92. The Morgan fingerprint density at radius 3 is 2.00 bits per heavy atom. The average molecular weight is 332 g/mol. The molecule has 4 aliphatic rings. The molecule has 126 valence electrons. The van der Waals surface area contributed by atoms with Gasteiger partial charge in [-0.3, -0.25) is 9.59 Å². The van der Waals surface area contributed by atoms with Crippen molar-refractivity contribution < 1.29 is 14.7 Å². The summed E-state index contributed by atoms with van der Waals surface area (Å²) in [5, 5.41) is 10.6. The van der Waals surface area contributed by atoms with E-state index in [2.05, 4.69) is 12.1 Å². The van der Waals surface area contributed by atoms with Crippen molar-refractivity contribution in [3.63, 3.8) is 0 Å². The molecule has 0 spiro atoms. The Labute approximate surface area is 146 Å². The zero-order chi connectivity index (χ0) is 17.3. The van der Waals surface area contributed by atoms with E-state index in [1.165, 1.54) is 0 Å². The Morgan fingerprint density at radius 1 is 0.920 bits per heavy atom. The fourth-order valence-corrected chi connectivity index (χ4v) is 5.89. The van der Waals surface area contributed by atoms with E-state index < -0.39 is 17.3 Å². The van der Waals surface area contributed by atoms with E-state index in [0.717, 1.165) is 22.3 Å². The van der Waals surface area contributed by atoms with Crippen LogP contribution in [0.3, 0.4) is 0 Å². The Bertz CT molecular complexity index is 865. The van der Waals surface area contributed by atoms with Gasteiger partial charge in [-0.2, -0.15) is 0 Å². The minimum absolute atomic E-state index is 0.0283. The summed E-state index contributed by atoms with van der Waals surface area (Å²) in [6.07, 6.45) is 0.547. The molecule has 3 atom stereocenters. The second kappa shape index (κ2) is 4.89. The monoisotopic (exact) mass is 332 g/mol. The van der Waals surface area contributed by atoms with Crippen molar-refractivity contribution in [1.82, 2.24) is 0 Å². The van der Waals surface area contributed by atoms with E-state index in [1.807, 2.05) is 43.3 Å². The number of Topliss-reactive ketones (excluding diaryl/α,β-unsaturated/α-hetero) is 2. The van der Waals surface area contributed by atoms with Crippen LogP contribution in [0.15, 0.2) is 48.5 Å². The summed E-state index contributed by atoms with van der Waals surface area (Å²) < 4.78 is 0. The largest absolute Gasteiger partial charge is 0.395 e. The Balaban J connectivity index is 1.90. The van der Waals surface area contributed by atoms with Crippen LogP contribution in [0.1, 0.15) is 41.5 Å².